The molecule has 0 aromatic rings. The second-order valence-corrected chi connectivity index (χ2v) is 6.55. The average Bonchev–Trinajstić information content (AvgIpc) is 2.59. The lowest BCUT2D eigenvalue weighted by Crippen LogP contribution is -2.38. The van der Waals surface area contributed by atoms with Gasteiger partial charge in [0.1, 0.15) is 5.78 Å². The maximum atomic E-state index is 12.1. The van der Waals surface area contributed by atoms with Crippen LogP contribution in [0.5, 0.6) is 0 Å². The molecule has 2 rings (SSSR count). The fourth-order valence-corrected chi connectivity index (χ4v) is 3.64. The lowest BCUT2D eigenvalue weighted by atomic mass is 9.78. The third-order valence-corrected chi connectivity index (χ3v) is 4.86. The van der Waals surface area contributed by atoms with E-state index >= 15 is 0 Å². The SMILES string of the molecule is CCCC1CCC(=O)C(CN2CCCN(C)CC2)C1. The zero-order chi connectivity index (χ0) is 13.7. The number of carbonyl (C=O) groups excluding carboxylic acids is 1. The molecule has 19 heavy (non-hydrogen) atoms. The molecule has 1 aliphatic heterocycles. The van der Waals surface area contributed by atoms with Crippen LogP contribution in [-0.4, -0.2) is 55.4 Å². The van der Waals surface area contributed by atoms with Gasteiger partial charge < -0.3 is 9.80 Å². The molecule has 0 bridgehead atoms. The topological polar surface area (TPSA) is 23.6 Å². The minimum atomic E-state index is 0.328. The van der Waals surface area contributed by atoms with Crippen molar-refractivity contribution in [3.05, 3.63) is 0 Å². The first-order chi connectivity index (χ1) is 9.19. The molecule has 1 saturated carbocycles. The van der Waals surface area contributed by atoms with E-state index in [9.17, 15) is 4.79 Å². The van der Waals surface area contributed by atoms with Crippen LogP contribution in [0.1, 0.15) is 45.4 Å². The fraction of sp³-hybridized carbons (Fsp3) is 0.938. The molecule has 2 unspecified atom stereocenters. The predicted octanol–water partition coefficient (Wildman–Crippen LogP) is 2.41. The van der Waals surface area contributed by atoms with Crippen LogP contribution in [0.25, 0.3) is 0 Å². The Morgan fingerprint density at radius 1 is 1.21 bits per heavy atom. The number of hydrogen-bond donors (Lipinski definition) is 0. The van der Waals surface area contributed by atoms with Gasteiger partial charge in [0.2, 0.25) is 0 Å². The van der Waals surface area contributed by atoms with Crippen molar-refractivity contribution in [1.29, 1.82) is 0 Å². The molecule has 0 aromatic heterocycles. The number of likely N-dealkylation sites (N-methyl/N-ethyl adjacent to an activating group) is 1. The van der Waals surface area contributed by atoms with E-state index in [2.05, 4.69) is 23.8 Å². The van der Waals surface area contributed by atoms with Gasteiger partial charge in [-0.05, 0) is 45.3 Å². The van der Waals surface area contributed by atoms with E-state index in [1.54, 1.807) is 0 Å². The maximum Gasteiger partial charge on any atom is 0.137 e. The fourth-order valence-electron chi connectivity index (χ4n) is 3.64. The molecule has 0 spiro atoms. The Balaban J connectivity index is 1.83. The highest BCUT2D eigenvalue weighted by molar-refractivity contribution is 5.81. The number of nitrogens with zero attached hydrogens (tertiary/aromatic N) is 2. The second kappa shape index (κ2) is 7.39. The van der Waals surface area contributed by atoms with Crippen molar-refractivity contribution in [2.45, 2.75) is 45.4 Å². The third kappa shape index (κ3) is 4.57. The van der Waals surface area contributed by atoms with E-state index in [0.717, 1.165) is 44.8 Å². The Kier molecular flexibility index (Phi) is 5.83. The van der Waals surface area contributed by atoms with Gasteiger partial charge in [-0.2, -0.15) is 0 Å². The minimum Gasteiger partial charge on any atom is -0.305 e. The Morgan fingerprint density at radius 3 is 2.84 bits per heavy atom. The molecule has 1 heterocycles. The molecule has 3 nitrogen and oxygen atoms in total. The first-order valence-corrected chi connectivity index (χ1v) is 8.12. The minimum absolute atomic E-state index is 0.328. The van der Waals surface area contributed by atoms with E-state index in [0.29, 0.717) is 11.7 Å². The van der Waals surface area contributed by atoms with Crippen LogP contribution >= 0.6 is 0 Å². The highest BCUT2D eigenvalue weighted by Gasteiger charge is 2.29. The monoisotopic (exact) mass is 266 g/mol. The van der Waals surface area contributed by atoms with Crippen molar-refractivity contribution in [2.75, 3.05) is 39.8 Å². The summed E-state index contributed by atoms with van der Waals surface area (Å²) in [6, 6.07) is 0. The van der Waals surface area contributed by atoms with Crippen LogP contribution in [0.4, 0.5) is 0 Å². The van der Waals surface area contributed by atoms with Crippen LogP contribution in [0.15, 0.2) is 0 Å². The summed E-state index contributed by atoms with van der Waals surface area (Å²) in [4.78, 5) is 17.1. The Hall–Kier alpha value is -0.410. The number of Topliss-reactive ketones (excluding diaryl/α,β-unsaturated/α-hetero) is 1. The molecule has 0 aromatic carbocycles. The second-order valence-electron chi connectivity index (χ2n) is 6.55. The summed E-state index contributed by atoms with van der Waals surface area (Å²) in [5.41, 5.74) is 0. The summed E-state index contributed by atoms with van der Waals surface area (Å²) in [5.74, 6) is 1.67. The quantitative estimate of drug-likeness (QED) is 0.781. The summed E-state index contributed by atoms with van der Waals surface area (Å²) in [6.45, 7) is 7.95. The number of ketones is 1. The molecule has 2 atom stereocenters. The number of carbonyl (C=O) groups is 1. The first-order valence-electron chi connectivity index (χ1n) is 8.12. The smallest absolute Gasteiger partial charge is 0.137 e. The largest absolute Gasteiger partial charge is 0.305 e. The molecule has 2 fully saturated rings. The van der Waals surface area contributed by atoms with Gasteiger partial charge in [0, 0.05) is 32.0 Å². The van der Waals surface area contributed by atoms with E-state index in [4.69, 9.17) is 0 Å². The number of hydrogen-bond acceptors (Lipinski definition) is 3. The lowest BCUT2D eigenvalue weighted by Gasteiger charge is -2.32. The Bertz CT molecular complexity index is 292. The molecular formula is C16H30N2O. The van der Waals surface area contributed by atoms with Gasteiger partial charge >= 0.3 is 0 Å². The predicted molar refractivity (Wildman–Crippen MR) is 79.3 cm³/mol. The maximum absolute atomic E-state index is 12.1. The van der Waals surface area contributed by atoms with Crippen LogP contribution in [-0.2, 0) is 4.79 Å². The standard InChI is InChI=1S/C16H30N2O/c1-3-5-14-6-7-16(19)15(12-14)13-18-9-4-8-17(2)10-11-18/h14-15H,3-13H2,1-2H3. The van der Waals surface area contributed by atoms with Gasteiger partial charge in [0.15, 0.2) is 0 Å². The van der Waals surface area contributed by atoms with Gasteiger partial charge in [-0.15, -0.1) is 0 Å². The van der Waals surface area contributed by atoms with Crippen LogP contribution in [0.2, 0.25) is 0 Å². The molecule has 1 aliphatic carbocycles. The van der Waals surface area contributed by atoms with E-state index < -0.39 is 0 Å². The van der Waals surface area contributed by atoms with E-state index in [-0.39, 0.29) is 0 Å². The summed E-state index contributed by atoms with van der Waals surface area (Å²) in [5, 5.41) is 0. The highest BCUT2D eigenvalue weighted by atomic mass is 16.1. The summed E-state index contributed by atoms with van der Waals surface area (Å²) in [7, 11) is 2.20. The molecule has 2 aliphatic rings. The van der Waals surface area contributed by atoms with Crippen molar-refractivity contribution < 1.29 is 4.79 Å². The molecule has 0 N–H and O–H groups in total. The van der Waals surface area contributed by atoms with E-state index in [1.165, 1.54) is 32.4 Å². The summed E-state index contributed by atoms with van der Waals surface area (Å²) >= 11 is 0. The van der Waals surface area contributed by atoms with Crippen molar-refractivity contribution in [2.24, 2.45) is 11.8 Å². The lowest BCUT2D eigenvalue weighted by molar-refractivity contribution is -0.126. The highest BCUT2D eigenvalue weighted by Crippen LogP contribution is 2.30. The normalized spacial score (nSPS) is 31.4. The zero-order valence-electron chi connectivity index (χ0n) is 12.7. The van der Waals surface area contributed by atoms with Gasteiger partial charge in [-0.25, -0.2) is 0 Å². The van der Waals surface area contributed by atoms with Crippen molar-refractivity contribution in [3.63, 3.8) is 0 Å². The Morgan fingerprint density at radius 2 is 2.05 bits per heavy atom. The van der Waals surface area contributed by atoms with Crippen LogP contribution < -0.4 is 0 Å². The molecular weight excluding hydrogens is 236 g/mol. The van der Waals surface area contributed by atoms with Crippen molar-refractivity contribution in [3.8, 4) is 0 Å². The molecule has 3 heteroatoms. The summed E-state index contributed by atoms with van der Waals surface area (Å²) in [6.07, 6.45) is 6.95. The number of rotatable bonds is 4. The van der Waals surface area contributed by atoms with Gasteiger partial charge in [-0.1, -0.05) is 19.8 Å². The van der Waals surface area contributed by atoms with Gasteiger partial charge in [-0.3, -0.25) is 4.79 Å². The molecule has 0 radical (unpaired) electrons. The molecule has 1 saturated heterocycles. The molecule has 110 valence electrons. The van der Waals surface area contributed by atoms with Gasteiger partial charge in [0.25, 0.3) is 0 Å². The average molecular weight is 266 g/mol. The molecule has 0 amide bonds. The van der Waals surface area contributed by atoms with Crippen molar-refractivity contribution >= 4 is 5.78 Å². The summed E-state index contributed by atoms with van der Waals surface area (Å²) < 4.78 is 0. The third-order valence-electron chi connectivity index (χ3n) is 4.86. The van der Waals surface area contributed by atoms with Gasteiger partial charge in [0.05, 0.1) is 0 Å². The van der Waals surface area contributed by atoms with Crippen LogP contribution in [0, 0.1) is 11.8 Å². The zero-order valence-corrected chi connectivity index (χ0v) is 12.7. The van der Waals surface area contributed by atoms with E-state index in [1.807, 2.05) is 0 Å². The van der Waals surface area contributed by atoms with Crippen molar-refractivity contribution in [1.82, 2.24) is 9.80 Å². The Labute approximate surface area is 118 Å². The first kappa shape index (κ1) is 15.0. The van der Waals surface area contributed by atoms with Crippen LogP contribution in [0.3, 0.4) is 0 Å².